The van der Waals surface area contributed by atoms with Crippen LogP contribution >= 0.6 is 27.7 Å². The molecule has 0 aliphatic carbocycles. The van der Waals surface area contributed by atoms with Crippen molar-refractivity contribution in [1.29, 1.82) is 0 Å². The molecule has 0 saturated carbocycles. The first-order chi connectivity index (χ1) is 8.60. The van der Waals surface area contributed by atoms with Crippen LogP contribution in [0.4, 0.5) is 0 Å². The Morgan fingerprint density at radius 3 is 2.39 bits per heavy atom. The lowest BCUT2D eigenvalue weighted by atomic mass is 10.1. The number of halogens is 1. The molecule has 0 bridgehead atoms. The van der Waals surface area contributed by atoms with Gasteiger partial charge in [-0.05, 0) is 43.4 Å². The zero-order valence-corrected chi connectivity index (χ0v) is 12.8. The maximum Gasteiger partial charge on any atom is 0.223 e. The number of rotatable bonds is 3. The van der Waals surface area contributed by atoms with Gasteiger partial charge in [-0.1, -0.05) is 15.9 Å². The minimum absolute atomic E-state index is 0.565. The van der Waals surface area contributed by atoms with E-state index in [9.17, 15) is 0 Å². The average molecular weight is 325 g/mol. The van der Waals surface area contributed by atoms with Crippen molar-refractivity contribution in [2.24, 2.45) is 0 Å². The van der Waals surface area contributed by atoms with E-state index in [-0.39, 0.29) is 0 Å². The lowest BCUT2D eigenvalue weighted by Crippen LogP contribution is -1.92. The molecule has 0 saturated heterocycles. The quantitative estimate of drug-likeness (QED) is 0.620. The molecule has 18 heavy (non-hydrogen) atoms. The molecule has 0 atom stereocenters. The van der Waals surface area contributed by atoms with E-state index in [1.165, 1.54) is 6.33 Å². The summed E-state index contributed by atoms with van der Waals surface area (Å²) in [6.45, 7) is 4.08. The second kappa shape index (κ2) is 5.71. The molecule has 1 aromatic heterocycles. The lowest BCUT2D eigenvalue weighted by molar-refractivity contribution is 0.458. The normalized spacial score (nSPS) is 10.4. The highest BCUT2D eigenvalue weighted by atomic mass is 79.9. The average Bonchev–Trinajstić information content (AvgIpc) is 2.36. The van der Waals surface area contributed by atoms with Gasteiger partial charge >= 0.3 is 0 Å². The minimum Gasteiger partial charge on any atom is -0.439 e. The van der Waals surface area contributed by atoms with E-state index in [0.29, 0.717) is 5.88 Å². The summed E-state index contributed by atoms with van der Waals surface area (Å²) in [6, 6.07) is 5.80. The zero-order chi connectivity index (χ0) is 13.1. The van der Waals surface area contributed by atoms with Gasteiger partial charge in [-0.2, -0.15) is 0 Å². The van der Waals surface area contributed by atoms with E-state index in [2.05, 4.69) is 25.9 Å². The lowest BCUT2D eigenvalue weighted by Gasteiger charge is -2.09. The molecule has 0 fully saturated rings. The van der Waals surface area contributed by atoms with Gasteiger partial charge in [0.1, 0.15) is 17.1 Å². The molecule has 0 unspecified atom stereocenters. The third kappa shape index (κ3) is 3.03. The molecule has 3 nitrogen and oxygen atoms in total. The predicted molar refractivity (Wildman–Crippen MR) is 77.5 cm³/mol. The summed E-state index contributed by atoms with van der Waals surface area (Å²) >= 11 is 5.10. The molecule has 0 aliphatic heterocycles. The number of nitrogens with zero attached hydrogens (tertiary/aromatic N) is 2. The van der Waals surface area contributed by atoms with Gasteiger partial charge in [0.2, 0.25) is 5.88 Å². The molecule has 0 radical (unpaired) electrons. The van der Waals surface area contributed by atoms with Crippen molar-refractivity contribution in [2.75, 3.05) is 6.26 Å². The van der Waals surface area contributed by atoms with Crippen LogP contribution in [0.15, 0.2) is 34.0 Å². The molecule has 0 aliphatic rings. The van der Waals surface area contributed by atoms with Crippen LogP contribution < -0.4 is 4.74 Å². The van der Waals surface area contributed by atoms with Crippen LogP contribution in [-0.2, 0) is 0 Å². The number of ether oxygens (including phenoxy) is 1. The van der Waals surface area contributed by atoms with Gasteiger partial charge in [0.05, 0.1) is 0 Å². The molecule has 5 heteroatoms. The largest absolute Gasteiger partial charge is 0.439 e. The van der Waals surface area contributed by atoms with E-state index in [1.807, 2.05) is 38.3 Å². The van der Waals surface area contributed by atoms with Crippen LogP contribution in [0, 0.1) is 13.8 Å². The molecule has 0 spiro atoms. The van der Waals surface area contributed by atoms with Gasteiger partial charge in [-0.25, -0.2) is 9.97 Å². The molecule has 2 aromatic rings. The van der Waals surface area contributed by atoms with Crippen molar-refractivity contribution in [2.45, 2.75) is 18.9 Å². The van der Waals surface area contributed by atoms with Gasteiger partial charge in [-0.15, -0.1) is 11.8 Å². The molecule has 0 N–H and O–H groups in total. The van der Waals surface area contributed by atoms with E-state index in [1.54, 1.807) is 11.8 Å². The van der Waals surface area contributed by atoms with Gasteiger partial charge < -0.3 is 4.74 Å². The van der Waals surface area contributed by atoms with Gasteiger partial charge in [0, 0.05) is 10.5 Å². The van der Waals surface area contributed by atoms with Crippen molar-refractivity contribution in [3.63, 3.8) is 0 Å². The van der Waals surface area contributed by atoms with E-state index < -0.39 is 0 Å². The van der Waals surface area contributed by atoms with Crippen molar-refractivity contribution in [3.05, 3.63) is 40.1 Å². The van der Waals surface area contributed by atoms with Gasteiger partial charge in [-0.3, -0.25) is 0 Å². The van der Waals surface area contributed by atoms with Gasteiger partial charge in [0.25, 0.3) is 0 Å². The van der Waals surface area contributed by atoms with E-state index in [4.69, 9.17) is 4.74 Å². The second-order valence-corrected chi connectivity index (χ2v) is 5.49. The number of thioether (sulfide) groups is 1. The predicted octanol–water partition coefficient (Wildman–Crippen LogP) is 4.37. The summed E-state index contributed by atoms with van der Waals surface area (Å²) in [6.07, 6.45) is 3.49. The first-order valence-corrected chi connectivity index (χ1v) is 7.42. The monoisotopic (exact) mass is 324 g/mol. The zero-order valence-electron chi connectivity index (χ0n) is 10.4. The fraction of sp³-hybridized carbons (Fsp3) is 0.231. The van der Waals surface area contributed by atoms with E-state index in [0.717, 1.165) is 26.4 Å². The minimum atomic E-state index is 0.565. The smallest absolute Gasteiger partial charge is 0.223 e. The Hall–Kier alpha value is -1.07. The summed E-state index contributed by atoms with van der Waals surface area (Å²) in [5, 5.41) is 0.894. The number of aryl methyl sites for hydroxylation is 2. The second-order valence-electron chi connectivity index (χ2n) is 3.87. The van der Waals surface area contributed by atoms with Crippen molar-refractivity contribution in [3.8, 4) is 11.6 Å². The molecular formula is C13H13BrN2OS. The Bertz CT molecular complexity index is 552. The Labute approximate surface area is 119 Å². The molecule has 1 heterocycles. The Morgan fingerprint density at radius 2 is 1.78 bits per heavy atom. The topological polar surface area (TPSA) is 35.0 Å². The van der Waals surface area contributed by atoms with Crippen LogP contribution in [0.3, 0.4) is 0 Å². The molecule has 94 valence electrons. The highest BCUT2D eigenvalue weighted by molar-refractivity contribution is 9.10. The first kappa shape index (κ1) is 13.4. The third-order valence-corrected chi connectivity index (χ3v) is 4.35. The summed E-state index contributed by atoms with van der Waals surface area (Å²) in [5.74, 6) is 1.36. The van der Waals surface area contributed by atoms with Crippen molar-refractivity contribution < 1.29 is 4.74 Å². The first-order valence-electron chi connectivity index (χ1n) is 5.41. The number of hydrogen-bond donors (Lipinski definition) is 0. The van der Waals surface area contributed by atoms with Crippen molar-refractivity contribution in [1.82, 2.24) is 9.97 Å². The number of benzene rings is 1. The molecule has 0 amide bonds. The van der Waals surface area contributed by atoms with E-state index >= 15 is 0 Å². The van der Waals surface area contributed by atoms with Crippen LogP contribution in [0.25, 0.3) is 0 Å². The Balaban J connectivity index is 2.28. The fourth-order valence-corrected chi connectivity index (χ4v) is 2.18. The molecular weight excluding hydrogens is 312 g/mol. The third-order valence-electron chi connectivity index (χ3n) is 2.46. The molecule has 1 aromatic carbocycles. The van der Waals surface area contributed by atoms with Gasteiger partial charge in [0.15, 0.2) is 0 Å². The van der Waals surface area contributed by atoms with Crippen LogP contribution in [0.5, 0.6) is 11.6 Å². The standard InChI is InChI=1S/C13H13BrN2OS/c1-8-4-10(5-9(2)13(8)14)17-11-6-12(18-3)16-7-15-11/h4-7H,1-3H3. The Morgan fingerprint density at radius 1 is 1.11 bits per heavy atom. The number of hydrogen-bond acceptors (Lipinski definition) is 4. The Kier molecular flexibility index (Phi) is 4.24. The summed E-state index contributed by atoms with van der Waals surface area (Å²) in [7, 11) is 0. The highest BCUT2D eigenvalue weighted by Crippen LogP contribution is 2.29. The highest BCUT2D eigenvalue weighted by Gasteiger charge is 2.05. The van der Waals surface area contributed by atoms with Crippen LogP contribution in [0.2, 0.25) is 0 Å². The summed E-state index contributed by atoms with van der Waals surface area (Å²) < 4.78 is 6.87. The van der Waals surface area contributed by atoms with Crippen molar-refractivity contribution >= 4 is 27.7 Å². The fourth-order valence-electron chi connectivity index (χ4n) is 1.58. The van der Waals surface area contributed by atoms with Crippen LogP contribution in [-0.4, -0.2) is 16.2 Å². The van der Waals surface area contributed by atoms with Crippen LogP contribution in [0.1, 0.15) is 11.1 Å². The summed E-state index contributed by atoms with van der Waals surface area (Å²) in [4.78, 5) is 8.22. The maximum atomic E-state index is 5.75. The number of aromatic nitrogens is 2. The maximum absolute atomic E-state index is 5.75. The SMILES string of the molecule is CSc1cc(Oc2cc(C)c(Br)c(C)c2)ncn1. The summed E-state index contributed by atoms with van der Waals surface area (Å²) in [5.41, 5.74) is 2.29. The molecule has 2 rings (SSSR count).